The van der Waals surface area contributed by atoms with Gasteiger partial charge in [0.05, 0.1) is 29.4 Å². The molecule has 0 aliphatic carbocycles. The average Bonchev–Trinajstić information content (AvgIpc) is 2.91. The number of carboxylic acid groups (broad SMARTS) is 1. The normalized spacial score (nSPS) is 12.1. The van der Waals surface area contributed by atoms with E-state index in [0.29, 0.717) is 17.7 Å². The molecule has 0 fully saturated rings. The van der Waals surface area contributed by atoms with Crippen LogP contribution in [0.2, 0.25) is 0 Å². The van der Waals surface area contributed by atoms with Gasteiger partial charge in [0.1, 0.15) is 6.10 Å². The van der Waals surface area contributed by atoms with Crippen molar-refractivity contribution in [2.45, 2.75) is 38.7 Å². The van der Waals surface area contributed by atoms with E-state index in [0.717, 1.165) is 11.0 Å². The molecule has 2 aromatic carbocycles. The van der Waals surface area contributed by atoms with E-state index >= 15 is 0 Å². The Kier molecular flexibility index (Phi) is 12.0. The Morgan fingerprint density at radius 3 is 2.32 bits per heavy atom. The maximum absolute atomic E-state index is 13.3. The number of benzene rings is 2. The van der Waals surface area contributed by atoms with Crippen molar-refractivity contribution in [1.82, 2.24) is 20.9 Å². The van der Waals surface area contributed by atoms with Crippen molar-refractivity contribution in [3.05, 3.63) is 65.2 Å². The second kappa shape index (κ2) is 15.1. The fourth-order valence-corrected chi connectivity index (χ4v) is 3.58. The van der Waals surface area contributed by atoms with Gasteiger partial charge in [-0.3, -0.25) is 9.59 Å². The molecule has 0 radical (unpaired) electrons. The predicted molar refractivity (Wildman–Crippen MR) is 143 cm³/mol. The zero-order chi connectivity index (χ0) is 30.6. The van der Waals surface area contributed by atoms with E-state index in [9.17, 15) is 42.6 Å². The van der Waals surface area contributed by atoms with Crippen molar-refractivity contribution in [3.63, 3.8) is 0 Å². The molecule has 0 spiro atoms. The predicted octanol–water partition coefficient (Wildman–Crippen LogP) is 2.63. The molecule has 2 rings (SSSR count). The number of nitrogens with one attached hydrogen (secondary N) is 4. The minimum atomic E-state index is -4.78. The van der Waals surface area contributed by atoms with Crippen molar-refractivity contribution in [1.29, 1.82) is 0 Å². The fourth-order valence-electron chi connectivity index (χ4n) is 3.58. The molecular formula is C27H30F3N5O6. The van der Waals surface area contributed by atoms with Crippen LogP contribution in [-0.2, 0) is 17.5 Å². The standard InChI is InChI=1S/C27H30F3N5O6/c1-3-8-22(36)21(16-35(26(40)41)15-17-9-6-5-7-10-17)33-23(37)14-32-24(38)19-13-18(27(28,29)30)11-12-20(19)34-25(39)31-4-2/h5-7,9-13,21-22,36H,4,14-16H2,1-2H3,(H,32,38)(H,33,37)(H,40,41)(H2,31,34,39)/t21-,22-/m0/s1. The molecule has 220 valence electrons. The molecule has 41 heavy (non-hydrogen) atoms. The first-order valence-electron chi connectivity index (χ1n) is 12.3. The first kappa shape index (κ1) is 32.4. The summed E-state index contributed by atoms with van der Waals surface area (Å²) in [7, 11) is 0. The summed E-state index contributed by atoms with van der Waals surface area (Å²) in [6.07, 6.45) is -7.58. The molecule has 0 aliphatic heterocycles. The summed E-state index contributed by atoms with van der Waals surface area (Å²) in [6.45, 7) is 2.10. The van der Waals surface area contributed by atoms with Gasteiger partial charge in [-0.25, -0.2) is 9.59 Å². The van der Waals surface area contributed by atoms with Crippen LogP contribution >= 0.6 is 0 Å². The van der Waals surface area contributed by atoms with Crippen molar-refractivity contribution in [2.24, 2.45) is 0 Å². The van der Waals surface area contributed by atoms with Crippen LogP contribution in [0.15, 0.2) is 48.5 Å². The number of nitrogens with zero attached hydrogens (tertiary/aromatic N) is 1. The molecule has 2 atom stereocenters. The summed E-state index contributed by atoms with van der Waals surface area (Å²) in [6, 6.07) is 8.76. The third kappa shape index (κ3) is 10.4. The first-order chi connectivity index (χ1) is 19.3. The highest BCUT2D eigenvalue weighted by atomic mass is 19.4. The van der Waals surface area contributed by atoms with Gasteiger partial charge >= 0.3 is 18.3 Å². The molecular weight excluding hydrogens is 547 g/mol. The average molecular weight is 578 g/mol. The summed E-state index contributed by atoms with van der Waals surface area (Å²) in [5.41, 5.74) is -1.28. The fraction of sp³-hybridized carbons (Fsp3) is 0.333. The highest BCUT2D eigenvalue weighted by Gasteiger charge is 2.32. The first-order valence-corrected chi connectivity index (χ1v) is 12.3. The van der Waals surface area contributed by atoms with E-state index in [1.165, 1.54) is 6.92 Å². The highest BCUT2D eigenvalue weighted by molar-refractivity contribution is 6.04. The van der Waals surface area contributed by atoms with Crippen LogP contribution in [0, 0.1) is 11.8 Å². The summed E-state index contributed by atoms with van der Waals surface area (Å²) in [5, 5.41) is 29.3. The van der Waals surface area contributed by atoms with Crippen LogP contribution in [0.4, 0.5) is 28.4 Å². The van der Waals surface area contributed by atoms with E-state index in [1.54, 1.807) is 37.3 Å². The molecule has 14 heteroatoms. The van der Waals surface area contributed by atoms with Crippen LogP contribution in [0.3, 0.4) is 0 Å². The van der Waals surface area contributed by atoms with Crippen molar-refractivity contribution >= 4 is 29.6 Å². The summed E-state index contributed by atoms with van der Waals surface area (Å²) < 4.78 is 39.8. The molecule has 0 unspecified atom stereocenters. The van der Waals surface area contributed by atoms with Gasteiger partial charge in [0, 0.05) is 19.6 Å². The number of halogens is 3. The number of aliphatic hydroxyl groups is 1. The molecule has 0 bridgehead atoms. The topological polar surface area (TPSA) is 160 Å². The van der Waals surface area contributed by atoms with Crippen LogP contribution < -0.4 is 21.3 Å². The van der Waals surface area contributed by atoms with Crippen LogP contribution in [0.1, 0.15) is 35.3 Å². The lowest BCUT2D eigenvalue weighted by Gasteiger charge is -2.27. The molecule has 5 amide bonds. The SMILES string of the molecule is CC#C[C@H](O)[C@H](CN(Cc1ccccc1)C(=O)O)NC(=O)CNC(=O)c1cc(C(F)(F)F)ccc1NC(=O)NCC. The number of amides is 5. The van der Waals surface area contributed by atoms with Gasteiger partial charge in [-0.2, -0.15) is 13.2 Å². The van der Waals surface area contributed by atoms with Gasteiger partial charge < -0.3 is 36.4 Å². The minimum absolute atomic E-state index is 0.0531. The van der Waals surface area contributed by atoms with Crippen LogP contribution in [0.5, 0.6) is 0 Å². The lowest BCUT2D eigenvalue weighted by molar-refractivity contribution is -0.137. The van der Waals surface area contributed by atoms with Crippen LogP contribution in [-0.4, -0.2) is 70.8 Å². The number of urea groups is 1. The smallest absolute Gasteiger partial charge is 0.416 e. The van der Waals surface area contributed by atoms with E-state index in [2.05, 4.69) is 33.1 Å². The molecule has 0 aromatic heterocycles. The van der Waals surface area contributed by atoms with Crippen molar-refractivity contribution in [3.8, 4) is 11.8 Å². The van der Waals surface area contributed by atoms with Crippen molar-refractivity contribution < 1.29 is 42.6 Å². The number of rotatable bonds is 11. The Morgan fingerprint density at radius 2 is 1.73 bits per heavy atom. The molecule has 6 N–H and O–H groups in total. The number of anilines is 1. The Balaban J connectivity index is 2.18. The Morgan fingerprint density at radius 1 is 1.05 bits per heavy atom. The van der Waals surface area contributed by atoms with Crippen LogP contribution in [0.25, 0.3) is 0 Å². The van der Waals surface area contributed by atoms with Gasteiger partial charge in [-0.1, -0.05) is 36.3 Å². The monoisotopic (exact) mass is 577 g/mol. The zero-order valence-corrected chi connectivity index (χ0v) is 22.2. The summed E-state index contributed by atoms with van der Waals surface area (Å²) >= 11 is 0. The Bertz CT molecular complexity index is 1290. The van der Waals surface area contributed by atoms with E-state index in [1.807, 2.05) is 0 Å². The van der Waals surface area contributed by atoms with Gasteiger partial charge in [0.2, 0.25) is 5.91 Å². The maximum atomic E-state index is 13.3. The third-order valence-corrected chi connectivity index (χ3v) is 5.51. The number of aliphatic hydroxyl groups excluding tert-OH is 1. The highest BCUT2D eigenvalue weighted by Crippen LogP contribution is 2.32. The molecule has 11 nitrogen and oxygen atoms in total. The number of carbonyl (C=O) groups excluding carboxylic acids is 3. The van der Waals surface area contributed by atoms with Gasteiger partial charge in [0.25, 0.3) is 5.91 Å². The number of alkyl halides is 3. The Hall–Kier alpha value is -4.77. The molecule has 0 aliphatic rings. The quantitative estimate of drug-likeness (QED) is 0.225. The van der Waals surface area contributed by atoms with Crippen molar-refractivity contribution in [2.75, 3.05) is 25.0 Å². The van der Waals surface area contributed by atoms with Gasteiger partial charge in [-0.05, 0) is 37.6 Å². The summed E-state index contributed by atoms with van der Waals surface area (Å²) in [5.74, 6) is 2.94. The van der Waals surface area contributed by atoms with E-state index in [-0.39, 0.29) is 25.3 Å². The zero-order valence-electron chi connectivity index (χ0n) is 22.2. The number of hydrogen-bond acceptors (Lipinski definition) is 5. The Labute approximate surface area is 234 Å². The molecule has 0 heterocycles. The molecule has 0 saturated carbocycles. The second-order valence-electron chi connectivity index (χ2n) is 8.59. The second-order valence-corrected chi connectivity index (χ2v) is 8.59. The largest absolute Gasteiger partial charge is 0.465 e. The lowest BCUT2D eigenvalue weighted by atomic mass is 10.1. The third-order valence-electron chi connectivity index (χ3n) is 5.51. The summed E-state index contributed by atoms with van der Waals surface area (Å²) in [4.78, 5) is 50.2. The maximum Gasteiger partial charge on any atom is 0.416 e. The van der Waals surface area contributed by atoms with Gasteiger partial charge in [-0.15, -0.1) is 5.92 Å². The van der Waals surface area contributed by atoms with Gasteiger partial charge in [0.15, 0.2) is 0 Å². The molecule has 0 saturated heterocycles. The number of carbonyl (C=O) groups is 4. The minimum Gasteiger partial charge on any atom is -0.465 e. The van der Waals surface area contributed by atoms with E-state index < -0.39 is 59.9 Å². The molecule has 2 aromatic rings. The van der Waals surface area contributed by atoms with E-state index in [4.69, 9.17) is 0 Å². The lowest BCUT2D eigenvalue weighted by Crippen LogP contribution is -2.53. The number of hydrogen-bond donors (Lipinski definition) is 6.